The van der Waals surface area contributed by atoms with Crippen LogP contribution >= 0.6 is 12.8 Å². The van der Waals surface area contributed by atoms with Gasteiger partial charge in [0.1, 0.15) is 50.6 Å². The molecule has 0 bridgehead atoms. The van der Waals surface area contributed by atoms with Crippen LogP contribution in [0.2, 0.25) is 0 Å². The fourth-order valence-corrected chi connectivity index (χ4v) is 17.1. The molecule has 0 saturated heterocycles. The lowest BCUT2D eigenvalue weighted by Gasteiger charge is -2.28. The van der Waals surface area contributed by atoms with Crippen molar-refractivity contribution in [2.75, 3.05) is 158 Å². The van der Waals surface area contributed by atoms with Gasteiger partial charge in [0.05, 0.1) is 79.3 Å². The normalized spacial score (nSPS) is 15.3. The van der Waals surface area contributed by atoms with Gasteiger partial charge < -0.3 is 122 Å². The Morgan fingerprint density at radius 2 is 0.486 bits per heavy atom. The fraction of sp³-hybridized carbons (Fsp3) is 0.843. The van der Waals surface area contributed by atoms with Crippen molar-refractivity contribution in [3.8, 4) is 0 Å². The van der Waals surface area contributed by atoms with E-state index in [0.717, 1.165) is 103 Å². The summed E-state index contributed by atoms with van der Waals surface area (Å²) in [5.74, 6) is -8.80. The Hall–Kier alpha value is -8.49. The first-order valence-corrected chi connectivity index (χ1v) is 54.4. The van der Waals surface area contributed by atoms with E-state index in [4.69, 9.17) is 48.1 Å². The molecule has 2 aliphatic carbocycles. The second-order valence-electron chi connectivity index (χ2n) is 37.9. The summed E-state index contributed by atoms with van der Waals surface area (Å²) in [6, 6.07) is -4.29. The smallest absolute Gasteiger partial charge is 0.326 e. The number of hydrogen-bond acceptors (Lipinski definition) is 26. The standard InChI is InChI=1S/C102H182N12O29S/c115-87(39-29-25-21-17-13-9-5-1-3-7-11-15-19-23-27-31-41-95(123)124)109-73-79-43-47-81(48-44-79)97(127)112-84(100(130)131)51-53-89(117)104-57-61-136-65-70-141-76-92(120)106-59-63-138-67-69-140-75-91(119)103-55-35-33-37-83(99(129)108-56-36-34-38-86(114-144)102(134)135)111-94(122)78-143-72-68-139-64-60-107-93(121)77-142-71-66-137-62-58-105-90(118)54-52-85(101(132)133)113-98(128)82-49-45-80(46-50-82)74-110-88(116)40-30-26-22-18-14-10-6-2-4-8-12-16-20-24-28-32-42-96(125)126/h79-86,114,144H,1-78H2,(H,103,119)(H,104,117)(H,105,118)(H,106,120)(H,107,121)(H,108,129)(H,109,115)(H,110,116)(H,111,122)(H,112,127)(H,113,128)(H,123,124)(H,125,126)(H,130,131)(H,132,133)(H,134,135)/t79-,80-,81-,82-,83-,84-,85-,86-/m0/s1. The molecule has 0 aromatic rings. The van der Waals surface area contributed by atoms with Gasteiger partial charge in [0.25, 0.3) is 0 Å². The van der Waals surface area contributed by atoms with Crippen LogP contribution in [-0.2, 0) is 115 Å². The molecule has 2 fully saturated rings. The number of carboxylic acids is 5. The van der Waals surface area contributed by atoms with Crippen LogP contribution in [0.1, 0.15) is 347 Å². The Morgan fingerprint density at radius 3 is 0.785 bits per heavy atom. The topological polar surface area (TPSA) is 592 Å². The number of ether oxygens (including phenoxy) is 8. The first-order chi connectivity index (χ1) is 69.8. The van der Waals surface area contributed by atoms with Crippen LogP contribution in [-0.4, -0.2) is 303 Å². The highest BCUT2D eigenvalue weighted by molar-refractivity contribution is 7.78. The lowest BCUT2D eigenvalue weighted by Crippen LogP contribution is -2.48. The molecule has 0 radical (unpaired) electrons. The minimum absolute atomic E-state index is 0.0147. The van der Waals surface area contributed by atoms with E-state index in [9.17, 15) is 92.0 Å². The van der Waals surface area contributed by atoms with Crippen molar-refractivity contribution in [2.45, 2.75) is 371 Å². The summed E-state index contributed by atoms with van der Waals surface area (Å²) >= 11 is 3.86. The average Bonchev–Trinajstić information content (AvgIpc) is 0.871. The van der Waals surface area contributed by atoms with Gasteiger partial charge in [-0.2, -0.15) is 0 Å². The Morgan fingerprint density at radius 1 is 0.229 bits per heavy atom. The molecule has 42 heteroatoms. The van der Waals surface area contributed by atoms with E-state index in [1.165, 1.54) is 128 Å². The molecule has 2 aliphatic rings. The molecule has 0 unspecified atom stereocenters. The van der Waals surface area contributed by atoms with Gasteiger partial charge in [-0.1, -0.05) is 193 Å². The van der Waals surface area contributed by atoms with Crippen LogP contribution in [0.25, 0.3) is 0 Å². The zero-order valence-electron chi connectivity index (χ0n) is 86.3. The molecule has 2 rings (SSSR count). The van der Waals surface area contributed by atoms with Gasteiger partial charge in [0, 0.05) is 103 Å². The Bertz CT molecular complexity index is 3470. The predicted molar refractivity (Wildman–Crippen MR) is 544 cm³/mol. The van der Waals surface area contributed by atoms with E-state index >= 15 is 0 Å². The van der Waals surface area contributed by atoms with Crippen molar-refractivity contribution >= 4 is 108 Å². The van der Waals surface area contributed by atoms with Crippen molar-refractivity contribution in [2.24, 2.45) is 23.7 Å². The summed E-state index contributed by atoms with van der Waals surface area (Å²) < 4.78 is 45.9. The first-order valence-electron chi connectivity index (χ1n) is 53.9. The molecule has 0 aromatic heterocycles. The van der Waals surface area contributed by atoms with E-state index in [0.29, 0.717) is 77.3 Å². The zero-order chi connectivity index (χ0) is 105. The third kappa shape index (κ3) is 79.7. The van der Waals surface area contributed by atoms with Gasteiger partial charge in [-0.25, -0.2) is 9.59 Å². The molecular weight excluding hydrogens is 1890 g/mol. The summed E-state index contributed by atoms with van der Waals surface area (Å²) in [5.41, 5.74) is 0. The van der Waals surface area contributed by atoms with E-state index in [2.05, 4.69) is 76.0 Å². The monoisotopic (exact) mass is 2070 g/mol. The average molecular weight is 2070 g/mol. The van der Waals surface area contributed by atoms with Crippen molar-refractivity contribution in [3.63, 3.8) is 0 Å². The largest absolute Gasteiger partial charge is 0.481 e. The predicted octanol–water partition coefficient (Wildman–Crippen LogP) is 9.29. The molecule has 0 aromatic carbocycles. The number of carboxylic acid groups (broad SMARTS) is 5. The first kappa shape index (κ1) is 132. The number of thiol groups is 1. The van der Waals surface area contributed by atoms with Crippen molar-refractivity contribution < 1.29 is 140 Å². The van der Waals surface area contributed by atoms with Gasteiger partial charge >= 0.3 is 29.8 Å². The number of hydrogen-bond donors (Lipinski definition) is 18. The summed E-state index contributed by atoms with van der Waals surface area (Å²) in [6.07, 6.45) is 45.5. The van der Waals surface area contributed by atoms with Crippen LogP contribution in [0, 0.1) is 23.7 Å². The van der Waals surface area contributed by atoms with Crippen molar-refractivity contribution in [1.82, 2.24) is 63.2 Å². The van der Waals surface area contributed by atoms with Crippen LogP contribution in [0.4, 0.5) is 0 Å². The Labute approximate surface area is 859 Å². The van der Waals surface area contributed by atoms with E-state index < -0.39 is 90.2 Å². The van der Waals surface area contributed by atoms with E-state index in [-0.39, 0.29) is 249 Å². The van der Waals surface area contributed by atoms with Crippen LogP contribution in [0.3, 0.4) is 0 Å². The Kier molecular flexibility index (Phi) is 84.0. The molecule has 0 aliphatic heterocycles. The third-order valence-electron chi connectivity index (χ3n) is 25.5. The molecule has 0 heterocycles. The van der Waals surface area contributed by atoms with Crippen LogP contribution < -0.4 is 63.2 Å². The molecule has 17 N–H and O–H groups in total. The lowest BCUT2D eigenvalue weighted by molar-refractivity contribution is -0.143. The molecule has 144 heavy (non-hydrogen) atoms. The number of rotatable bonds is 100. The minimum Gasteiger partial charge on any atom is -0.481 e. The number of carbonyl (C=O) groups is 16. The van der Waals surface area contributed by atoms with Gasteiger partial charge in [0.2, 0.25) is 65.0 Å². The second kappa shape index (κ2) is 91.9. The summed E-state index contributed by atoms with van der Waals surface area (Å²) in [6.45, 7) is 2.35. The van der Waals surface area contributed by atoms with Crippen LogP contribution in [0.5, 0.6) is 0 Å². The molecule has 4 atom stereocenters. The maximum Gasteiger partial charge on any atom is 0.326 e. The molecule has 2 saturated carbocycles. The van der Waals surface area contributed by atoms with Crippen LogP contribution in [0.15, 0.2) is 0 Å². The van der Waals surface area contributed by atoms with Crippen molar-refractivity contribution in [3.05, 3.63) is 0 Å². The number of amides is 11. The molecule has 830 valence electrons. The van der Waals surface area contributed by atoms with Gasteiger partial charge in [-0.05, 0) is 140 Å². The minimum atomic E-state index is -1.24. The summed E-state index contributed by atoms with van der Waals surface area (Å²) in [5, 5.41) is 76.6. The maximum absolute atomic E-state index is 13.3. The second-order valence-corrected chi connectivity index (χ2v) is 38.1. The molecule has 0 spiro atoms. The SMILES string of the molecule is O=C(O)CCCCCCCCCCCCCCCCCCC(=O)NC[C@H]1CC[C@H](C(=O)N[C@@H](CCC(=O)NCCOCCOCC(=O)NCCOCCOCC(=O)NCCCC[C@H](NC(=O)COCCOCCNC(=O)COCCOCCNC(=O)CC[C@H](NC(=O)[C@H]2CC[C@H](CNC(=O)CCCCCCCCCCCCCCCCCCC(=O)O)CC2)C(=O)O)C(=O)NCCCC[C@H](NS)C(=O)O)C(=O)O)CC1. The zero-order valence-corrected chi connectivity index (χ0v) is 87.1. The number of nitrogens with one attached hydrogen (secondary N) is 12. The summed E-state index contributed by atoms with van der Waals surface area (Å²) in [7, 11) is 0. The molecule has 41 nitrogen and oxygen atoms in total. The number of aliphatic carboxylic acids is 5. The fourth-order valence-electron chi connectivity index (χ4n) is 16.8. The lowest BCUT2D eigenvalue weighted by atomic mass is 9.81. The van der Waals surface area contributed by atoms with Gasteiger partial charge in [-0.15, -0.1) is 0 Å². The van der Waals surface area contributed by atoms with Gasteiger partial charge in [-0.3, -0.25) is 71.8 Å². The number of unbranched alkanes of at least 4 members (excludes halogenated alkanes) is 32. The quantitative estimate of drug-likeness (QED) is 0.0199. The molecule has 11 amide bonds. The highest BCUT2D eigenvalue weighted by atomic mass is 32.1. The maximum atomic E-state index is 13.3. The highest BCUT2D eigenvalue weighted by Gasteiger charge is 2.33. The third-order valence-corrected chi connectivity index (χ3v) is 25.8. The van der Waals surface area contributed by atoms with Gasteiger partial charge in [0.15, 0.2) is 0 Å². The summed E-state index contributed by atoms with van der Waals surface area (Å²) in [4.78, 5) is 196. The van der Waals surface area contributed by atoms with Crippen molar-refractivity contribution in [1.29, 1.82) is 0 Å². The molecular formula is C102H182N12O29S. The van der Waals surface area contributed by atoms with E-state index in [1.807, 2.05) is 0 Å². The number of carbonyl (C=O) groups excluding carboxylic acids is 11. The highest BCUT2D eigenvalue weighted by Crippen LogP contribution is 2.31. The van der Waals surface area contributed by atoms with E-state index in [1.54, 1.807) is 0 Å². The Balaban J connectivity index is 1.46.